The summed E-state index contributed by atoms with van der Waals surface area (Å²) in [5, 5.41) is 23.0. The van der Waals surface area contributed by atoms with Gasteiger partial charge >= 0.3 is 6.18 Å². The van der Waals surface area contributed by atoms with Gasteiger partial charge in [0.05, 0.1) is 11.3 Å². The molecule has 0 bridgehead atoms. The summed E-state index contributed by atoms with van der Waals surface area (Å²) >= 11 is 0. The average Bonchev–Trinajstić information content (AvgIpc) is 2.81. The Hall–Kier alpha value is -3.25. The Balaban J connectivity index is 1.76. The zero-order chi connectivity index (χ0) is 26.4. The number of likely N-dealkylation sites (tertiary alicyclic amines) is 1. The second-order valence-electron chi connectivity index (χ2n) is 9.97. The molecule has 3 heterocycles. The molecule has 2 aromatic heterocycles. The molecule has 1 unspecified atom stereocenters. The van der Waals surface area contributed by atoms with Crippen molar-refractivity contribution in [3.8, 4) is 11.8 Å². The van der Waals surface area contributed by atoms with Crippen molar-refractivity contribution in [2.75, 3.05) is 20.1 Å². The van der Waals surface area contributed by atoms with Crippen LogP contribution in [0, 0.1) is 24.2 Å². The van der Waals surface area contributed by atoms with Crippen LogP contribution >= 0.6 is 0 Å². The van der Waals surface area contributed by atoms with Crippen LogP contribution in [0.4, 0.5) is 13.2 Å². The van der Waals surface area contributed by atoms with Crippen molar-refractivity contribution in [1.82, 2.24) is 14.9 Å². The minimum atomic E-state index is -4.47. The van der Waals surface area contributed by atoms with Gasteiger partial charge in [0.2, 0.25) is 0 Å². The van der Waals surface area contributed by atoms with E-state index in [9.17, 15) is 23.4 Å². The maximum Gasteiger partial charge on any atom is 0.416 e. The van der Waals surface area contributed by atoms with E-state index in [4.69, 9.17) is 0 Å². The number of halogens is 3. The lowest BCUT2D eigenvalue weighted by molar-refractivity contribution is -0.138. The number of aromatic nitrogens is 2. The molecule has 2 atom stereocenters. The second kappa shape index (κ2) is 9.00. The van der Waals surface area contributed by atoms with E-state index in [2.05, 4.69) is 21.8 Å². The van der Waals surface area contributed by atoms with Crippen molar-refractivity contribution >= 4 is 0 Å². The SMILES string of the molecule is Cc1cccc(C(C)(O)C#Cc2cncc([C@@](O)(c3ccc(C(F)(F)F)cc3)C3(C)CN(C)C3)c2)n1. The molecule has 1 fully saturated rings. The van der Waals surface area contributed by atoms with Crippen molar-refractivity contribution in [3.05, 3.63) is 94.6 Å². The van der Waals surface area contributed by atoms with Crippen molar-refractivity contribution < 1.29 is 23.4 Å². The standard InChI is InChI=1S/C28H28F3N3O2/c1-19-6-5-7-24(33-19)26(3,35)13-12-20-14-23(16-32-15-20)27(36,25(2)17-34(4)18-25)21-8-10-22(11-9-21)28(29,30)31/h5-11,14-16,35-36H,17-18H2,1-4H3/t26?,27-/m0/s1. The monoisotopic (exact) mass is 495 g/mol. The predicted molar refractivity (Wildman–Crippen MR) is 130 cm³/mol. The summed E-state index contributed by atoms with van der Waals surface area (Å²) in [7, 11) is 1.91. The Labute approximate surface area is 208 Å². The third-order valence-electron chi connectivity index (χ3n) is 6.73. The maximum atomic E-state index is 13.2. The zero-order valence-electron chi connectivity index (χ0n) is 20.6. The van der Waals surface area contributed by atoms with Crippen LogP contribution in [0.2, 0.25) is 0 Å². The third kappa shape index (κ3) is 4.74. The van der Waals surface area contributed by atoms with Gasteiger partial charge in [-0.25, -0.2) is 0 Å². The molecule has 4 rings (SSSR count). The third-order valence-corrected chi connectivity index (χ3v) is 6.73. The molecule has 0 amide bonds. The Bertz CT molecular complexity index is 1320. The first-order chi connectivity index (χ1) is 16.7. The van der Waals surface area contributed by atoms with E-state index < -0.39 is 28.4 Å². The van der Waals surface area contributed by atoms with E-state index >= 15 is 0 Å². The van der Waals surface area contributed by atoms with E-state index in [-0.39, 0.29) is 0 Å². The average molecular weight is 496 g/mol. The first kappa shape index (κ1) is 25.8. The zero-order valence-corrected chi connectivity index (χ0v) is 20.6. The number of hydrogen-bond donors (Lipinski definition) is 2. The second-order valence-corrected chi connectivity index (χ2v) is 9.97. The van der Waals surface area contributed by atoms with Crippen LogP contribution in [-0.2, 0) is 17.4 Å². The number of alkyl halides is 3. The number of aryl methyl sites for hydroxylation is 1. The summed E-state index contributed by atoms with van der Waals surface area (Å²) in [4.78, 5) is 10.6. The first-order valence-corrected chi connectivity index (χ1v) is 11.5. The number of pyridine rings is 2. The highest BCUT2D eigenvalue weighted by atomic mass is 19.4. The molecule has 0 spiro atoms. The number of nitrogens with zero attached hydrogens (tertiary/aromatic N) is 3. The summed E-state index contributed by atoms with van der Waals surface area (Å²) in [6.07, 6.45) is -1.46. The highest BCUT2D eigenvalue weighted by Gasteiger charge is 2.55. The van der Waals surface area contributed by atoms with Crippen LogP contribution in [0.25, 0.3) is 0 Å². The fraction of sp³-hybridized carbons (Fsp3) is 0.357. The molecule has 3 aromatic rings. The quantitative estimate of drug-likeness (QED) is 0.530. The molecule has 8 heteroatoms. The van der Waals surface area contributed by atoms with Gasteiger partial charge in [-0.1, -0.05) is 37.0 Å². The molecule has 1 aliphatic heterocycles. The van der Waals surface area contributed by atoms with Crippen molar-refractivity contribution in [2.45, 2.75) is 38.1 Å². The molecule has 36 heavy (non-hydrogen) atoms. The van der Waals surface area contributed by atoms with Gasteiger partial charge in [0, 0.05) is 47.7 Å². The van der Waals surface area contributed by atoms with Gasteiger partial charge < -0.3 is 15.1 Å². The maximum absolute atomic E-state index is 13.2. The Morgan fingerprint density at radius 3 is 2.19 bits per heavy atom. The molecule has 0 radical (unpaired) electrons. The van der Waals surface area contributed by atoms with Crippen molar-refractivity contribution in [2.24, 2.45) is 5.41 Å². The highest BCUT2D eigenvalue weighted by molar-refractivity contribution is 5.45. The van der Waals surface area contributed by atoms with Crippen molar-refractivity contribution in [1.29, 1.82) is 0 Å². The van der Waals surface area contributed by atoms with E-state index in [1.807, 2.05) is 31.9 Å². The van der Waals surface area contributed by atoms with Gasteiger partial charge in [0.1, 0.15) is 5.60 Å². The van der Waals surface area contributed by atoms with E-state index in [1.54, 1.807) is 25.1 Å². The molecule has 0 aliphatic carbocycles. The van der Waals surface area contributed by atoms with Crippen LogP contribution < -0.4 is 0 Å². The number of hydrogen-bond acceptors (Lipinski definition) is 5. The molecule has 0 saturated carbocycles. The molecule has 2 N–H and O–H groups in total. The van der Waals surface area contributed by atoms with Gasteiger partial charge in [-0.15, -0.1) is 0 Å². The largest absolute Gasteiger partial charge is 0.416 e. The Morgan fingerprint density at radius 2 is 1.61 bits per heavy atom. The van der Waals surface area contributed by atoms with Gasteiger partial charge in [-0.3, -0.25) is 9.97 Å². The smallest absolute Gasteiger partial charge is 0.380 e. The summed E-state index contributed by atoms with van der Waals surface area (Å²) in [6, 6.07) is 11.6. The Kier molecular flexibility index (Phi) is 6.46. The Morgan fingerprint density at radius 1 is 0.972 bits per heavy atom. The molecular weight excluding hydrogens is 467 g/mol. The lowest BCUT2D eigenvalue weighted by Crippen LogP contribution is -2.63. The highest BCUT2D eigenvalue weighted by Crippen LogP contribution is 2.50. The van der Waals surface area contributed by atoms with Gasteiger partial charge in [0.25, 0.3) is 0 Å². The summed E-state index contributed by atoms with van der Waals surface area (Å²) in [5.41, 5.74) is -2.23. The normalized spacial score (nSPS) is 18.8. The minimum absolute atomic E-state index is 0.342. The van der Waals surface area contributed by atoms with Crippen LogP contribution in [-0.4, -0.2) is 45.2 Å². The van der Waals surface area contributed by atoms with Gasteiger partial charge in [0.15, 0.2) is 5.60 Å². The molecule has 1 saturated heterocycles. The number of benzene rings is 1. The van der Waals surface area contributed by atoms with Crippen LogP contribution in [0.1, 0.15) is 47.5 Å². The minimum Gasteiger partial charge on any atom is -0.380 e. The first-order valence-electron chi connectivity index (χ1n) is 11.5. The summed E-state index contributed by atoms with van der Waals surface area (Å²) in [5.74, 6) is 5.74. The van der Waals surface area contributed by atoms with E-state index in [0.29, 0.717) is 35.5 Å². The van der Waals surface area contributed by atoms with E-state index in [0.717, 1.165) is 17.8 Å². The molecule has 188 valence electrons. The molecule has 5 nitrogen and oxygen atoms in total. The number of rotatable bonds is 4. The summed E-state index contributed by atoms with van der Waals surface area (Å²) in [6.45, 7) is 6.34. The van der Waals surface area contributed by atoms with Gasteiger partial charge in [-0.05, 0) is 56.8 Å². The number of aliphatic hydroxyl groups is 2. The fourth-order valence-electron chi connectivity index (χ4n) is 4.92. The lowest BCUT2D eigenvalue weighted by Gasteiger charge is -2.55. The van der Waals surface area contributed by atoms with Crippen molar-refractivity contribution in [3.63, 3.8) is 0 Å². The van der Waals surface area contributed by atoms with Crippen LogP contribution in [0.5, 0.6) is 0 Å². The fourth-order valence-corrected chi connectivity index (χ4v) is 4.92. The van der Waals surface area contributed by atoms with E-state index in [1.165, 1.54) is 24.5 Å². The molecular formula is C28H28F3N3O2. The predicted octanol–water partition coefficient (Wildman–Crippen LogP) is 4.25. The van der Waals surface area contributed by atoms with Gasteiger partial charge in [-0.2, -0.15) is 13.2 Å². The van der Waals surface area contributed by atoms with Crippen LogP contribution in [0.15, 0.2) is 60.9 Å². The summed E-state index contributed by atoms with van der Waals surface area (Å²) < 4.78 is 39.5. The van der Waals surface area contributed by atoms with Crippen LogP contribution in [0.3, 0.4) is 0 Å². The molecule has 1 aromatic carbocycles. The lowest BCUT2D eigenvalue weighted by atomic mass is 9.62. The molecule has 1 aliphatic rings. The topological polar surface area (TPSA) is 69.5 Å².